The number of benzene rings is 1. The van der Waals surface area contributed by atoms with Gasteiger partial charge in [-0.1, -0.05) is 23.2 Å². The molecule has 0 bridgehead atoms. The molecule has 0 aliphatic heterocycles. The number of thiophene rings is 2. The number of aryl methyl sites for hydroxylation is 4. The van der Waals surface area contributed by atoms with Crippen LogP contribution in [0.4, 0.5) is 0 Å². The van der Waals surface area contributed by atoms with Gasteiger partial charge in [0.2, 0.25) is 0 Å². The van der Waals surface area contributed by atoms with Gasteiger partial charge in [0, 0.05) is 29.9 Å². The fraction of sp³-hybridized carbons (Fsp3) is 0.286. The minimum absolute atomic E-state index is 0.902. The minimum Gasteiger partial charge on any atom is -0.139 e. The Kier molecular flexibility index (Phi) is 2.91. The largest absolute Gasteiger partial charge is 0.139 e. The Morgan fingerprint density at radius 3 is 1.33 bits per heavy atom. The van der Waals surface area contributed by atoms with Crippen LogP contribution in [0.3, 0.4) is 0 Å². The van der Waals surface area contributed by atoms with Gasteiger partial charge in [0.05, 0.1) is 10.0 Å². The molecule has 18 heavy (non-hydrogen) atoms. The van der Waals surface area contributed by atoms with Gasteiger partial charge in [-0.3, -0.25) is 0 Å². The van der Waals surface area contributed by atoms with Gasteiger partial charge >= 0.3 is 0 Å². The van der Waals surface area contributed by atoms with Gasteiger partial charge in [-0.05, 0) is 38.8 Å². The molecular weight excluding hydrogens is 303 g/mol. The quantitative estimate of drug-likeness (QED) is 0.435. The summed E-state index contributed by atoms with van der Waals surface area (Å²) in [6.45, 7) is 8.45. The molecular formula is C14H12Cl2S2. The fourth-order valence-corrected chi connectivity index (χ4v) is 5.51. The number of halogens is 2. The Morgan fingerprint density at radius 2 is 1.00 bits per heavy atom. The molecule has 0 saturated carbocycles. The minimum atomic E-state index is 0.902. The average Bonchev–Trinajstić information content (AvgIpc) is 2.78. The van der Waals surface area contributed by atoms with E-state index in [0.29, 0.717) is 0 Å². The topological polar surface area (TPSA) is 0 Å². The summed E-state index contributed by atoms with van der Waals surface area (Å²) in [5.41, 5.74) is 2.53. The van der Waals surface area contributed by atoms with Gasteiger partial charge in [0.25, 0.3) is 0 Å². The second-order valence-corrected chi connectivity index (χ2v) is 7.81. The highest BCUT2D eigenvalue weighted by atomic mass is 35.5. The first-order valence-electron chi connectivity index (χ1n) is 5.69. The van der Waals surface area contributed by atoms with Crippen LogP contribution < -0.4 is 0 Å². The van der Waals surface area contributed by atoms with Gasteiger partial charge in [-0.25, -0.2) is 0 Å². The van der Waals surface area contributed by atoms with E-state index in [4.69, 9.17) is 23.2 Å². The van der Waals surface area contributed by atoms with E-state index in [9.17, 15) is 0 Å². The number of fused-ring (bicyclic) bond motifs is 2. The van der Waals surface area contributed by atoms with E-state index in [-0.39, 0.29) is 0 Å². The highest BCUT2D eigenvalue weighted by Crippen LogP contribution is 2.47. The molecule has 0 spiro atoms. The molecule has 0 unspecified atom stereocenters. The fourth-order valence-electron chi connectivity index (χ4n) is 2.47. The molecule has 1 aromatic carbocycles. The smallest absolute Gasteiger partial charge is 0.0624 e. The van der Waals surface area contributed by atoms with Crippen LogP contribution in [0.2, 0.25) is 10.0 Å². The molecule has 0 atom stereocenters. The van der Waals surface area contributed by atoms with E-state index in [1.165, 1.54) is 41.1 Å². The van der Waals surface area contributed by atoms with Crippen molar-refractivity contribution in [2.75, 3.05) is 0 Å². The van der Waals surface area contributed by atoms with Crippen LogP contribution in [0.15, 0.2) is 0 Å². The van der Waals surface area contributed by atoms with Crippen LogP contribution >= 0.6 is 45.9 Å². The first-order valence-corrected chi connectivity index (χ1v) is 8.08. The highest BCUT2D eigenvalue weighted by molar-refractivity contribution is 7.22. The SMILES string of the molecule is Cc1sc2c(C)c3c(Cl)c(C)sc3c(C)c2c1Cl. The third-order valence-corrected chi connectivity index (χ3v) is 7.07. The van der Waals surface area contributed by atoms with Crippen molar-refractivity contribution in [3.8, 4) is 0 Å². The molecule has 3 rings (SSSR count). The molecule has 4 heteroatoms. The predicted octanol–water partition coefficient (Wildman–Crippen LogP) is 6.66. The van der Waals surface area contributed by atoms with Crippen LogP contribution in [-0.2, 0) is 0 Å². The van der Waals surface area contributed by atoms with E-state index in [2.05, 4.69) is 27.7 Å². The van der Waals surface area contributed by atoms with E-state index in [1.54, 1.807) is 22.7 Å². The van der Waals surface area contributed by atoms with E-state index in [1.807, 2.05) is 0 Å². The summed E-state index contributed by atoms with van der Waals surface area (Å²) in [5.74, 6) is 0. The maximum absolute atomic E-state index is 6.45. The lowest BCUT2D eigenvalue weighted by Crippen LogP contribution is -1.81. The van der Waals surface area contributed by atoms with Gasteiger partial charge in [0.15, 0.2) is 0 Å². The number of hydrogen-bond acceptors (Lipinski definition) is 2. The van der Waals surface area contributed by atoms with Crippen molar-refractivity contribution in [1.82, 2.24) is 0 Å². The van der Waals surface area contributed by atoms with Crippen LogP contribution in [0.1, 0.15) is 20.9 Å². The molecule has 0 amide bonds. The molecule has 0 aliphatic rings. The van der Waals surface area contributed by atoms with Gasteiger partial charge < -0.3 is 0 Å². The van der Waals surface area contributed by atoms with Crippen molar-refractivity contribution in [2.45, 2.75) is 27.7 Å². The van der Waals surface area contributed by atoms with E-state index >= 15 is 0 Å². The maximum atomic E-state index is 6.45. The number of hydrogen-bond donors (Lipinski definition) is 0. The van der Waals surface area contributed by atoms with Crippen molar-refractivity contribution in [2.24, 2.45) is 0 Å². The molecule has 3 aromatic rings. The Bertz CT molecular complexity index is 725. The predicted molar refractivity (Wildman–Crippen MR) is 86.2 cm³/mol. The van der Waals surface area contributed by atoms with Crippen molar-refractivity contribution in [3.63, 3.8) is 0 Å². The molecule has 2 aromatic heterocycles. The zero-order valence-corrected chi connectivity index (χ0v) is 13.7. The van der Waals surface area contributed by atoms with Gasteiger partial charge in [0.1, 0.15) is 0 Å². The lowest BCUT2D eigenvalue weighted by molar-refractivity contribution is 1.56. The summed E-state index contributed by atoms with van der Waals surface area (Å²) in [6.07, 6.45) is 0. The molecule has 0 saturated heterocycles. The maximum Gasteiger partial charge on any atom is 0.0624 e. The van der Waals surface area contributed by atoms with Gasteiger partial charge in [-0.2, -0.15) is 0 Å². The van der Waals surface area contributed by atoms with Crippen molar-refractivity contribution in [3.05, 3.63) is 30.9 Å². The monoisotopic (exact) mass is 314 g/mol. The summed E-state index contributed by atoms with van der Waals surface area (Å²) in [6, 6.07) is 0. The third kappa shape index (κ3) is 1.50. The molecule has 0 N–H and O–H groups in total. The van der Waals surface area contributed by atoms with E-state index in [0.717, 1.165) is 10.0 Å². The summed E-state index contributed by atoms with van der Waals surface area (Å²) in [5, 5.41) is 4.23. The first-order chi connectivity index (χ1) is 8.43. The van der Waals surface area contributed by atoms with Crippen LogP contribution in [0, 0.1) is 27.7 Å². The molecule has 94 valence electrons. The van der Waals surface area contributed by atoms with Crippen LogP contribution in [0.25, 0.3) is 20.2 Å². The molecule has 0 fully saturated rings. The number of rotatable bonds is 0. The molecule has 0 radical (unpaired) electrons. The standard InChI is InChI=1S/C14H12Cl2S2/c1-5-9-11(15)7(3)18-14(9)6(2)10-12(16)8(4)17-13(5)10/h1-4H3. The van der Waals surface area contributed by atoms with E-state index < -0.39 is 0 Å². The molecule has 2 heterocycles. The second kappa shape index (κ2) is 4.11. The van der Waals surface area contributed by atoms with Crippen molar-refractivity contribution >= 4 is 66.0 Å². The third-order valence-electron chi connectivity index (χ3n) is 3.45. The lowest BCUT2D eigenvalue weighted by atomic mass is 10.0. The highest BCUT2D eigenvalue weighted by Gasteiger charge is 2.19. The Morgan fingerprint density at radius 1 is 0.667 bits per heavy atom. The first kappa shape index (κ1) is 12.7. The Labute approximate surface area is 124 Å². The van der Waals surface area contributed by atoms with Crippen molar-refractivity contribution < 1.29 is 0 Å². The van der Waals surface area contributed by atoms with Crippen molar-refractivity contribution in [1.29, 1.82) is 0 Å². The average molecular weight is 315 g/mol. The van der Waals surface area contributed by atoms with Gasteiger partial charge in [-0.15, -0.1) is 22.7 Å². The Hall–Kier alpha value is -0.280. The summed E-state index contributed by atoms with van der Waals surface area (Å²) >= 11 is 16.4. The zero-order valence-electron chi connectivity index (χ0n) is 10.6. The summed E-state index contributed by atoms with van der Waals surface area (Å²) in [7, 11) is 0. The van der Waals surface area contributed by atoms with Crippen LogP contribution in [0.5, 0.6) is 0 Å². The Balaban J connectivity index is 2.69. The van der Waals surface area contributed by atoms with Crippen LogP contribution in [-0.4, -0.2) is 0 Å². The summed E-state index contributed by atoms with van der Waals surface area (Å²) < 4.78 is 2.56. The summed E-state index contributed by atoms with van der Waals surface area (Å²) in [4.78, 5) is 2.37. The molecule has 0 aliphatic carbocycles. The molecule has 0 nitrogen and oxygen atoms in total. The second-order valence-electron chi connectivity index (χ2n) is 4.60. The lowest BCUT2D eigenvalue weighted by Gasteiger charge is -2.05. The zero-order chi connectivity index (χ0) is 13.2. The normalized spacial score (nSPS) is 11.9.